The van der Waals surface area contributed by atoms with Gasteiger partial charge in [0.25, 0.3) is 0 Å². The van der Waals surface area contributed by atoms with Crippen molar-refractivity contribution in [2.75, 3.05) is 26.8 Å². The zero-order chi connectivity index (χ0) is 11.4. The van der Waals surface area contributed by atoms with Gasteiger partial charge < -0.3 is 9.64 Å². The lowest BCUT2D eigenvalue weighted by atomic mass is 10.0. The highest BCUT2D eigenvalue weighted by atomic mass is 32.1. The van der Waals surface area contributed by atoms with Gasteiger partial charge in [0.1, 0.15) is 5.78 Å². The summed E-state index contributed by atoms with van der Waals surface area (Å²) in [6, 6.07) is 4.18. The first-order chi connectivity index (χ1) is 7.75. The first-order valence-corrected chi connectivity index (χ1v) is 6.45. The average molecular weight is 239 g/mol. The Bertz CT molecular complexity index is 337. The lowest BCUT2D eigenvalue weighted by Gasteiger charge is -2.25. The largest absolute Gasteiger partial charge is 0.380 e. The predicted molar refractivity (Wildman–Crippen MR) is 64.6 cm³/mol. The maximum absolute atomic E-state index is 11.6. The van der Waals surface area contributed by atoms with Gasteiger partial charge in [-0.05, 0) is 18.5 Å². The van der Waals surface area contributed by atoms with Crippen molar-refractivity contribution in [3.05, 3.63) is 22.4 Å². The van der Waals surface area contributed by atoms with Crippen LogP contribution in [-0.4, -0.2) is 37.5 Å². The third-order valence-electron chi connectivity index (χ3n) is 2.81. The Kier molecular flexibility index (Phi) is 4.09. The first-order valence-electron chi connectivity index (χ1n) is 5.57. The Hall–Kier alpha value is -0.710. The highest BCUT2D eigenvalue weighted by Gasteiger charge is 2.23. The molecule has 88 valence electrons. The van der Waals surface area contributed by atoms with Gasteiger partial charge in [0.2, 0.25) is 0 Å². The Morgan fingerprint density at radius 2 is 2.50 bits per heavy atom. The van der Waals surface area contributed by atoms with Crippen LogP contribution in [0.1, 0.15) is 11.3 Å². The molecule has 1 aliphatic rings. The molecular formula is C12H17NO2S. The van der Waals surface area contributed by atoms with E-state index < -0.39 is 0 Å². The van der Waals surface area contributed by atoms with E-state index in [1.165, 1.54) is 4.88 Å². The van der Waals surface area contributed by atoms with Crippen LogP contribution < -0.4 is 0 Å². The van der Waals surface area contributed by atoms with Crippen molar-refractivity contribution in [1.82, 2.24) is 4.90 Å². The quantitative estimate of drug-likeness (QED) is 0.802. The van der Waals surface area contributed by atoms with Gasteiger partial charge in [0, 0.05) is 24.4 Å². The molecule has 1 fully saturated rings. The third-order valence-corrected chi connectivity index (χ3v) is 3.67. The molecule has 0 spiro atoms. The van der Waals surface area contributed by atoms with E-state index in [0.717, 1.165) is 13.1 Å². The molecule has 1 atom stereocenters. The Balaban J connectivity index is 1.82. The molecule has 2 rings (SSSR count). The molecule has 0 aliphatic carbocycles. The second-order valence-electron chi connectivity index (χ2n) is 4.26. The van der Waals surface area contributed by atoms with Gasteiger partial charge >= 0.3 is 0 Å². The van der Waals surface area contributed by atoms with Crippen LogP contribution in [0.4, 0.5) is 0 Å². The van der Waals surface area contributed by atoms with Crippen molar-refractivity contribution in [1.29, 1.82) is 0 Å². The van der Waals surface area contributed by atoms with E-state index in [0.29, 0.717) is 25.4 Å². The molecule has 0 amide bonds. The topological polar surface area (TPSA) is 29.5 Å². The molecule has 2 heterocycles. The number of rotatable bonds is 4. The van der Waals surface area contributed by atoms with Gasteiger partial charge in [-0.3, -0.25) is 4.79 Å². The average Bonchev–Trinajstić information content (AvgIpc) is 2.74. The fourth-order valence-corrected chi connectivity index (χ4v) is 2.74. The number of Topliss-reactive ketones (excluding diaryl/α,β-unsaturated/α-hetero) is 1. The van der Waals surface area contributed by atoms with Crippen LogP contribution in [0.15, 0.2) is 17.5 Å². The molecule has 0 aromatic carbocycles. The molecule has 0 bridgehead atoms. The molecule has 3 nitrogen and oxygen atoms in total. The molecule has 0 saturated carbocycles. The van der Waals surface area contributed by atoms with Crippen LogP contribution >= 0.6 is 11.3 Å². The zero-order valence-electron chi connectivity index (χ0n) is 9.52. The summed E-state index contributed by atoms with van der Waals surface area (Å²) in [5, 5.41) is 2.08. The number of ketones is 1. The minimum Gasteiger partial charge on any atom is -0.380 e. The number of hydrogen-bond acceptors (Lipinski definition) is 4. The maximum atomic E-state index is 11.6. The summed E-state index contributed by atoms with van der Waals surface area (Å²) in [5.41, 5.74) is 0. The van der Waals surface area contributed by atoms with Crippen LogP contribution in [-0.2, 0) is 16.1 Å². The van der Waals surface area contributed by atoms with Crippen molar-refractivity contribution < 1.29 is 9.53 Å². The molecule has 0 radical (unpaired) electrons. The van der Waals surface area contributed by atoms with E-state index in [2.05, 4.69) is 29.5 Å². The molecule has 1 aliphatic heterocycles. The van der Waals surface area contributed by atoms with Crippen molar-refractivity contribution in [2.24, 2.45) is 5.92 Å². The SMILES string of the molecule is CN(Cc1cccs1)CC1COCCC1=O. The summed E-state index contributed by atoms with van der Waals surface area (Å²) in [6.07, 6.45) is 0.581. The van der Waals surface area contributed by atoms with Gasteiger partial charge in [-0.25, -0.2) is 0 Å². The summed E-state index contributed by atoms with van der Waals surface area (Å²) < 4.78 is 5.34. The second-order valence-corrected chi connectivity index (χ2v) is 5.30. The number of nitrogens with zero attached hydrogens (tertiary/aromatic N) is 1. The van der Waals surface area contributed by atoms with Crippen LogP contribution in [0.5, 0.6) is 0 Å². The number of hydrogen-bond donors (Lipinski definition) is 0. The van der Waals surface area contributed by atoms with E-state index in [9.17, 15) is 4.79 Å². The molecule has 16 heavy (non-hydrogen) atoms. The molecule has 1 saturated heterocycles. The molecule has 1 unspecified atom stereocenters. The minimum atomic E-state index is 0.0683. The second kappa shape index (κ2) is 5.57. The van der Waals surface area contributed by atoms with E-state index in [1.807, 2.05) is 0 Å². The molecule has 4 heteroatoms. The maximum Gasteiger partial charge on any atom is 0.141 e. The Morgan fingerprint density at radius 3 is 3.19 bits per heavy atom. The van der Waals surface area contributed by atoms with E-state index >= 15 is 0 Å². The van der Waals surface area contributed by atoms with Crippen molar-refractivity contribution in [3.8, 4) is 0 Å². The zero-order valence-corrected chi connectivity index (χ0v) is 10.3. The van der Waals surface area contributed by atoms with Gasteiger partial charge in [0.15, 0.2) is 0 Å². The van der Waals surface area contributed by atoms with E-state index in [1.54, 1.807) is 11.3 Å². The van der Waals surface area contributed by atoms with Crippen LogP contribution in [0.2, 0.25) is 0 Å². The number of carbonyl (C=O) groups excluding carboxylic acids is 1. The van der Waals surface area contributed by atoms with E-state index in [-0.39, 0.29) is 5.92 Å². The highest BCUT2D eigenvalue weighted by Crippen LogP contribution is 2.15. The standard InChI is InChI=1S/C12H17NO2S/c1-13(8-11-3-2-6-16-11)7-10-9-15-5-4-12(10)14/h2-3,6,10H,4-5,7-9H2,1H3. The normalized spacial score (nSPS) is 21.6. The van der Waals surface area contributed by atoms with Crippen molar-refractivity contribution >= 4 is 17.1 Å². The van der Waals surface area contributed by atoms with Crippen LogP contribution in [0.3, 0.4) is 0 Å². The van der Waals surface area contributed by atoms with Crippen molar-refractivity contribution in [3.63, 3.8) is 0 Å². The minimum absolute atomic E-state index is 0.0683. The molecular weight excluding hydrogens is 222 g/mol. The fraction of sp³-hybridized carbons (Fsp3) is 0.583. The molecule has 1 aromatic heterocycles. The Labute approximate surface area is 100 Å². The van der Waals surface area contributed by atoms with E-state index in [4.69, 9.17) is 4.74 Å². The lowest BCUT2D eigenvalue weighted by Crippen LogP contribution is -2.36. The number of thiophene rings is 1. The predicted octanol–water partition coefficient (Wildman–Crippen LogP) is 1.79. The first kappa shape index (κ1) is 11.8. The summed E-state index contributed by atoms with van der Waals surface area (Å²) in [6.45, 7) is 2.91. The fourth-order valence-electron chi connectivity index (χ4n) is 1.96. The third kappa shape index (κ3) is 3.14. The summed E-state index contributed by atoms with van der Waals surface area (Å²) in [5.74, 6) is 0.419. The molecule has 1 aromatic rings. The van der Waals surface area contributed by atoms with Gasteiger partial charge in [0.05, 0.1) is 19.1 Å². The monoisotopic (exact) mass is 239 g/mol. The van der Waals surface area contributed by atoms with Crippen LogP contribution in [0.25, 0.3) is 0 Å². The van der Waals surface area contributed by atoms with Crippen LogP contribution in [0, 0.1) is 5.92 Å². The smallest absolute Gasteiger partial charge is 0.141 e. The summed E-state index contributed by atoms with van der Waals surface area (Å²) in [4.78, 5) is 15.2. The number of ether oxygens (including phenoxy) is 1. The lowest BCUT2D eigenvalue weighted by molar-refractivity contribution is -0.131. The summed E-state index contributed by atoms with van der Waals surface area (Å²) >= 11 is 1.76. The van der Waals surface area contributed by atoms with Gasteiger partial charge in [-0.2, -0.15) is 0 Å². The Morgan fingerprint density at radius 1 is 1.62 bits per heavy atom. The summed E-state index contributed by atoms with van der Waals surface area (Å²) in [7, 11) is 2.06. The van der Waals surface area contributed by atoms with Crippen molar-refractivity contribution in [2.45, 2.75) is 13.0 Å². The number of carbonyl (C=O) groups is 1. The molecule has 0 N–H and O–H groups in total. The van der Waals surface area contributed by atoms with Gasteiger partial charge in [-0.1, -0.05) is 6.07 Å². The highest BCUT2D eigenvalue weighted by molar-refractivity contribution is 7.09. The van der Waals surface area contributed by atoms with Gasteiger partial charge in [-0.15, -0.1) is 11.3 Å².